The zero-order valence-corrected chi connectivity index (χ0v) is 13.8. The molecule has 1 atom stereocenters. The highest BCUT2D eigenvalue weighted by Crippen LogP contribution is 2.41. The van der Waals surface area contributed by atoms with Crippen molar-refractivity contribution in [3.63, 3.8) is 0 Å². The van der Waals surface area contributed by atoms with Crippen molar-refractivity contribution in [2.24, 2.45) is 5.92 Å². The molecule has 1 fully saturated rings. The number of benzene rings is 1. The number of hydrogen-bond acceptors (Lipinski definition) is 3. The lowest BCUT2D eigenvalue weighted by Gasteiger charge is -2.42. The van der Waals surface area contributed by atoms with Gasteiger partial charge in [0.2, 0.25) is 0 Å². The van der Waals surface area contributed by atoms with Gasteiger partial charge in [0.25, 0.3) is 0 Å². The first-order chi connectivity index (χ1) is 11.2. The molecule has 0 bridgehead atoms. The Morgan fingerprint density at radius 3 is 2.65 bits per heavy atom. The lowest BCUT2D eigenvalue weighted by atomic mass is 9.77. The van der Waals surface area contributed by atoms with Crippen molar-refractivity contribution in [3.05, 3.63) is 35.4 Å². The van der Waals surface area contributed by atoms with Crippen LogP contribution in [0.4, 0.5) is 0 Å². The van der Waals surface area contributed by atoms with Crippen LogP contribution in [-0.2, 0) is 20.7 Å². The fourth-order valence-corrected chi connectivity index (χ4v) is 4.09. The molecule has 1 heterocycles. The molecule has 0 aromatic heterocycles. The van der Waals surface area contributed by atoms with E-state index in [1.807, 2.05) is 6.07 Å². The molecule has 0 radical (unpaired) electrons. The van der Waals surface area contributed by atoms with Gasteiger partial charge in [0.05, 0.1) is 12.6 Å². The van der Waals surface area contributed by atoms with Gasteiger partial charge in [-0.05, 0) is 43.2 Å². The molecule has 2 aliphatic rings. The summed E-state index contributed by atoms with van der Waals surface area (Å²) in [5.74, 6) is -0.742. The molecule has 1 saturated carbocycles. The highest BCUT2D eigenvalue weighted by molar-refractivity contribution is 6.32. The summed E-state index contributed by atoms with van der Waals surface area (Å²) in [6.45, 7) is 2.58. The number of fused-ring (bicyclic) bond motifs is 1. The number of ether oxygens (including phenoxy) is 1. The average Bonchev–Trinajstić information content (AvgIpc) is 2.61. The van der Waals surface area contributed by atoms with E-state index in [1.54, 1.807) is 11.8 Å². The SMILES string of the molecule is CCOC(=O)C(=O)N1CCc2ccccc2C1C1CCCCC1. The van der Waals surface area contributed by atoms with Crippen LogP contribution in [0.2, 0.25) is 0 Å². The topological polar surface area (TPSA) is 46.6 Å². The average molecular weight is 315 g/mol. The van der Waals surface area contributed by atoms with Gasteiger partial charge in [0, 0.05) is 6.54 Å². The van der Waals surface area contributed by atoms with Crippen molar-refractivity contribution in [2.75, 3.05) is 13.2 Å². The molecule has 0 N–H and O–H groups in total. The fourth-order valence-electron chi connectivity index (χ4n) is 4.09. The summed E-state index contributed by atoms with van der Waals surface area (Å²) in [6, 6.07) is 8.39. The zero-order valence-electron chi connectivity index (χ0n) is 13.8. The Kier molecular flexibility index (Phi) is 4.99. The molecule has 1 aliphatic heterocycles. The predicted octanol–water partition coefficient (Wildman–Crippen LogP) is 3.26. The monoisotopic (exact) mass is 315 g/mol. The van der Waals surface area contributed by atoms with E-state index in [2.05, 4.69) is 18.2 Å². The van der Waals surface area contributed by atoms with Gasteiger partial charge in [-0.25, -0.2) is 4.79 Å². The van der Waals surface area contributed by atoms with Crippen LogP contribution >= 0.6 is 0 Å². The third-order valence-corrected chi connectivity index (χ3v) is 5.14. The molecule has 3 rings (SSSR count). The van der Waals surface area contributed by atoms with Crippen molar-refractivity contribution in [3.8, 4) is 0 Å². The second kappa shape index (κ2) is 7.16. The van der Waals surface area contributed by atoms with Crippen molar-refractivity contribution < 1.29 is 14.3 Å². The third kappa shape index (κ3) is 3.26. The summed E-state index contributed by atoms with van der Waals surface area (Å²) in [4.78, 5) is 26.3. The summed E-state index contributed by atoms with van der Waals surface area (Å²) in [5, 5.41) is 0. The molecule has 1 unspecified atom stereocenters. The molecule has 1 aromatic carbocycles. The molecule has 4 heteroatoms. The second-order valence-electron chi connectivity index (χ2n) is 6.51. The zero-order chi connectivity index (χ0) is 16.2. The Labute approximate surface area is 137 Å². The molecular formula is C19H25NO3. The summed E-state index contributed by atoms with van der Waals surface area (Å²) >= 11 is 0. The Hall–Kier alpha value is -1.84. The number of esters is 1. The van der Waals surface area contributed by atoms with Gasteiger partial charge in [-0.3, -0.25) is 4.79 Å². The van der Waals surface area contributed by atoms with Gasteiger partial charge < -0.3 is 9.64 Å². The molecule has 4 nitrogen and oxygen atoms in total. The van der Waals surface area contributed by atoms with E-state index in [-0.39, 0.29) is 12.6 Å². The van der Waals surface area contributed by atoms with E-state index in [9.17, 15) is 9.59 Å². The first-order valence-corrected chi connectivity index (χ1v) is 8.78. The minimum Gasteiger partial charge on any atom is -0.459 e. The van der Waals surface area contributed by atoms with Gasteiger partial charge in [-0.2, -0.15) is 0 Å². The fraction of sp³-hybridized carbons (Fsp3) is 0.579. The smallest absolute Gasteiger partial charge is 0.397 e. The molecule has 0 spiro atoms. The number of carbonyl (C=O) groups excluding carboxylic acids is 2. The van der Waals surface area contributed by atoms with E-state index in [1.165, 1.54) is 30.4 Å². The van der Waals surface area contributed by atoms with Crippen LogP contribution in [0.5, 0.6) is 0 Å². The normalized spacial score (nSPS) is 21.6. The Morgan fingerprint density at radius 1 is 1.17 bits per heavy atom. The maximum Gasteiger partial charge on any atom is 0.397 e. The van der Waals surface area contributed by atoms with Crippen molar-refractivity contribution >= 4 is 11.9 Å². The quantitative estimate of drug-likeness (QED) is 0.621. The lowest BCUT2D eigenvalue weighted by molar-refractivity contribution is -0.162. The summed E-state index contributed by atoms with van der Waals surface area (Å²) in [6.07, 6.45) is 6.77. The highest BCUT2D eigenvalue weighted by atomic mass is 16.5. The van der Waals surface area contributed by atoms with Crippen molar-refractivity contribution in [1.82, 2.24) is 4.90 Å². The van der Waals surface area contributed by atoms with Crippen LogP contribution in [0.15, 0.2) is 24.3 Å². The number of carbonyl (C=O) groups is 2. The number of hydrogen-bond donors (Lipinski definition) is 0. The van der Waals surface area contributed by atoms with Crippen LogP contribution in [-0.4, -0.2) is 29.9 Å². The largest absolute Gasteiger partial charge is 0.459 e. The van der Waals surface area contributed by atoms with E-state index in [0.717, 1.165) is 19.3 Å². The standard InChI is InChI=1S/C19H25NO3/c1-2-23-19(22)18(21)20-13-12-14-8-6-7-11-16(14)17(20)15-9-4-3-5-10-15/h6-8,11,15,17H,2-5,9-10,12-13H2,1H3. The molecule has 23 heavy (non-hydrogen) atoms. The Morgan fingerprint density at radius 2 is 1.91 bits per heavy atom. The van der Waals surface area contributed by atoms with Crippen molar-refractivity contribution in [2.45, 2.75) is 51.5 Å². The summed E-state index contributed by atoms with van der Waals surface area (Å²) in [5.41, 5.74) is 2.54. The van der Waals surface area contributed by atoms with E-state index in [0.29, 0.717) is 12.5 Å². The molecular weight excluding hydrogens is 290 g/mol. The van der Waals surface area contributed by atoms with Crippen LogP contribution in [0.3, 0.4) is 0 Å². The van der Waals surface area contributed by atoms with Gasteiger partial charge in [-0.15, -0.1) is 0 Å². The molecule has 0 saturated heterocycles. The highest BCUT2D eigenvalue weighted by Gasteiger charge is 2.39. The summed E-state index contributed by atoms with van der Waals surface area (Å²) < 4.78 is 4.95. The number of amides is 1. The van der Waals surface area contributed by atoms with Gasteiger partial charge >= 0.3 is 11.9 Å². The predicted molar refractivity (Wildman–Crippen MR) is 87.8 cm³/mol. The molecule has 1 aromatic rings. The summed E-state index contributed by atoms with van der Waals surface area (Å²) in [7, 11) is 0. The van der Waals surface area contributed by atoms with Crippen LogP contribution in [0, 0.1) is 5.92 Å². The van der Waals surface area contributed by atoms with Crippen LogP contribution in [0.1, 0.15) is 56.2 Å². The second-order valence-corrected chi connectivity index (χ2v) is 6.51. The molecule has 124 valence electrons. The number of nitrogens with zero attached hydrogens (tertiary/aromatic N) is 1. The minimum absolute atomic E-state index is 0.0251. The molecule has 1 aliphatic carbocycles. The third-order valence-electron chi connectivity index (χ3n) is 5.14. The Balaban J connectivity index is 1.91. The minimum atomic E-state index is -0.715. The van der Waals surface area contributed by atoms with Gasteiger partial charge in [-0.1, -0.05) is 43.5 Å². The first kappa shape index (κ1) is 16.0. The van der Waals surface area contributed by atoms with E-state index < -0.39 is 11.9 Å². The van der Waals surface area contributed by atoms with Crippen LogP contribution < -0.4 is 0 Å². The van der Waals surface area contributed by atoms with E-state index >= 15 is 0 Å². The van der Waals surface area contributed by atoms with E-state index in [4.69, 9.17) is 4.74 Å². The van der Waals surface area contributed by atoms with Crippen molar-refractivity contribution in [1.29, 1.82) is 0 Å². The first-order valence-electron chi connectivity index (χ1n) is 8.78. The Bertz CT molecular complexity index is 578. The van der Waals surface area contributed by atoms with Gasteiger partial charge in [0.15, 0.2) is 0 Å². The number of rotatable bonds is 2. The lowest BCUT2D eigenvalue weighted by Crippen LogP contribution is -2.47. The maximum absolute atomic E-state index is 12.6. The van der Waals surface area contributed by atoms with Gasteiger partial charge in [0.1, 0.15) is 0 Å². The maximum atomic E-state index is 12.6. The van der Waals surface area contributed by atoms with Crippen LogP contribution in [0.25, 0.3) is 0 Å². The molecule has 1 amide bonds.